The summed E-state index contributed by atoms with van der Waals surface area (Å²) < 4.78 is 21.9. The van der Waals surface area contributed by atoms with Crippen LogP contribution >= 0.6 is 0 Å². The van der Waals surface area contributed by atoms with E-state index in [1.165, 1.54) is 31.3 Å². The maximum absolute atomic E-state index is 14.0. The fourth-order valence-electron chi connectivity index (χ4n) is 5.82. The number of nitrogens with zero attached hydrogens (tertiary/aromatic N) is 2. The monoisotopic (exact) mass is 701 g/mol. The second kappa shape index (κ2) is 15.5. The van der Waals surface area contributed by atoms with E-state index in [4.69, 9.17) is 24.7 Å². The number of ether oxygens (including phenoxy) is 4. The van der Waals surface area contributed by atoms with Gasteiger partial charge in [0.05, 0.1) is 44.7 Å². The summed E-state index contributed by atoms with van der Waals surface area (Å²) in [5.74, 6) is -0.178. The van der Waals surface area contributed by atoms with E-state index in [1.54, 1.807) is 56.6 Å². The lowest BCUT2D eigenvalue weighted by atomic mass is 10.0. The molecule has 0 saturated heterocycles. The standard InChI is InChI=1S/C37H43N5O9/c1-20(2)32(38)34(44)39-21(3)33(43)40-25-11-7-22(8-12-25)19-51-37(47)42-28-17-31(50-6)30(49-5)16-27(28)35(45)41-18-24(15-29(41)36(42)46)23-9-13-26(48-4)14-10-23/h7-14,16-18,20-21,29,32,36,46H,15,19,38H2,1-6H3,(H,39,44)(H,40,43)/t21-,29-,32-,36-/m0/s1. The molecule has 0 saturated carbocycles. The first-order valence-electron chi connectivity index (χ1n) is 16.4. The molecule has 0 bridgehead atoms. The van der Waals surface area contributed by atoms with Crippen molar-refractivity contribution in [1.82, 2.24) is 10.2 Å². The van der Waals surface area contributed by atoms with Crippen LogP contribution in [0.25, 0.3) is 5.57 Å². The smallest absolute Gasteiger partial charge is 0.416 e. The van der Waals surface area contributed by atoms with Crippen molar-refractivity contribution in [2.75, 3.05) is 31.5 Å². The van der Waals surface area contributed by atoms with Gasteiger partial charge in [-0.3, -0.25) is 14.4 Å². The summed E-state index contributed by atoms with van der Waals surface area (Å²) in [5, 5.41) is 17.1. The minimum absolute atomic E-state index is 0.0829. The molecule has 14 heteroatoms. The SMILES string of the molecule is COc1ccc(C2=CN3C(=O)c4cc(OC)c(OC)cc4N(C(=O)OCc4ccc(NC(=O)[C@H](C)NC(=O)[C@@H](N)C(C)C)cc4)[C@@H](O)[C@@H]3C2)cc1. The van der Waals surface area contributed by atoms with E-state index in [2.05, 4.69) is 10.6 Å². The van der Waals surface area contributed by atoms with Crippen LogP contribution in [0.3, 0.4) is 0 Å². The molecule has 2 aliphatic rings. The summed E-state index contributed by atoms with van der Waals surface area (Å²) in [7, 11) is 4.43. The van der Waals surface area contributed by atoms with Gasteiger partial charge in [0.15, 0.2) is 17.7 Å². The molecule has 3 aromatic rings. The maximum atomic E-state index is 14.0. The highest BCUT2D eigenvalue weighted by Gasteiger charge is 2.45. The molecule has 2 heterocycles. The van der Waals surface area contributed by atoms with Gasteiger partial charge in [-0.1, -0.05) is 38.1 Å². The third kappa shape index (κ3) is 7.76. The number of aliphatic hydroxyl groups excluding tert-OH is 1. The lowest BCUT2D eigenvalue weighted by Gasteiger charge is -2.31. The average Bonchev–Trinajstić information content (AvgIpc) is 3.56. The Morgan fingerprint density at radius 3 is 2.18 bits per heavy atom. The van der Waals surface area contributed by atoms with Crippen molar-refractivity contribution in [2.24, 2.45) is 11.7 Å². The third-order valence-corrected chi connectivity index (χ3v) is 8.93. The predicted octanol–water partition coefficient (Wildman–Crippen LogP) is 3.87. The fourth-order valence-corrected chi connectivity index (χ4v) is 5.82. The molecular formula is C37H43N5O9. The molecule has 0 radical (unpaired) electrons. The lowest BCUT2D eigenvalue weighted by molar-refractivity contribution is -0.127. The number of rotatable bonds is 11. The molecule has 0 aliphatic carbocycles. The molecule has 5 N–H and O–H groups in total. The van der Waals surface area contributed by atoms with Crippen molar-refractivity contribution < 1.29 is 43.2 Å². The minimum atomic E-state index is -1.50. The maximum Gasteiger partial charge on any atom is 0.416 e. The minimum Gasteiger partial charge on any atom is -0.497 e. The average molecular weight is 702 g/mol. The second-order valence-electron chi connectivity index (χ2n) is 12.6. The van der Waals surface area contributed by atoms with Gasteiger partial charge in [0.1, 0.15) is 18.4 Å². The summed E-state index contributed by atoms with van der Waals surface area (Å²) in [5.41, 5.74) is 8.74. The molecule has 2 aliphatic heterocycles. The third-order valence-electron chi connectivity index (χ3n) is 8.93. The van der Waals surface area contributed by atoms with Gasteiger partial charge in [-0.2, -0.15) is 0 Å². The Labute approximate surface area is 296 Å². The number of benzene rings is 3. The number of anilines is 2. The number of hydrogen-bond donors (Lipinski definition) is 4. The summed E-state index contributed by atoms with van der Waals surface area (Å²) >= 11 is 0. The van der Waals surface area contributed by atoms with Crippen LogP contribution in [-0.4, -0.2) is 79.5 Å². The van der Waals surface area contributed by atoms with Gasteiger partial charge in [0.2, 0.25) is 11.8 Å². The number of nitrogens with two attached hydrogens (primary N) is 1. The number of aliphatic hydroxyl groups is 1. The number of methoxy groups -OCH3 is 3. The van der Waals surface area contributed by atoms with Crippen LogP contribution in [-0.2, 0) is 20.9 Å². The van der Waals surface area contributed by atoms with Gasteiger partial charge in [-0.05, 0) is 66.3 Å². The summed E-state index contributed by atoms with van der Waals surface area (Å²) in [6, 6.07) is 14.5. The Bertz CT molecular complexity index is 1810. The van der Waals surface area contributed by atoms with Crippen LogP contribution in [0.5, 0.6) is 17.2 Å². The molecule has 4 amide bonds. The van der Waals surface area contributed by atoms with Crippen molar-refractivity contribution in [2.45, 2.75) is 58.2 Å². The Hall–Kier alpha value is -5.60. The van der Waals surface area contributed by atoms with Crippen LogP contribution in [0.2, 0.25) is 0 Å². The zero-order valence-corrected chi connectivity index (χ0v) is 29.3. The summed E-state index contributed by atoms with van der Waals surface area (Å²) in [6.07, 6.45) is -0.457. The first-order valence-corrected chi connectivity index (χ1v) is 16.4. The number of fused-ring (bicyclic) bond motifs is 2. The normalized spacial score (nSPS) is 17.7. The first-order chi connectivity index (χ1) is 24.4. The van der Waals surface area contributed by atoms with E-state index in [1.807, 2.05) is 26.0 Å². The Balaban J connectivity index is 1.33. The molecule has 4 atom stereocenters. The molecule has 0 aromatic heterocycles. The second-order valence-corrected chi connectivity index (χ2v) is 12.6. The van der Waals surface area contributed by atoms with Gasteiger partial charge >= 0.3 is 6.09 Å². The van der Waals surface area contributed by atoms with E-state index >= 15 is 0 Å². The zero-order valence-electron chi connectivity index (χ0n) is 29.3. The molecule has 3 aromatic carbocycles. The largest absolute Gasteiger partial charge is 0.497 e. The van der Waals surface area contributed by atoms with Crippen molar-refractivity contribution in [3.63, 3.8) is 0 Å². The molecule has 51 heavy (non-hydrogen) atoms. The molecule has 0 fully saturated rings. The Kier molecular flexibility index (Phi) is 11.2. The quantitative estimate of drug-likeness (QED) is 0.229. The number of carbonyl (C=O) groups excluding carboxylic acids is 4. The number of hydrogen-bond acceptors (Lipinski definition) is 10. The van der Waals surface area contributed by atoms with E-state index < -0.39 is 48.2 Å². The molecule has 270 valence electrons. The number of nitrogens with one attached hydrogen (secondary N) is 2. The van der Waals surface area contributed by atoms with Crippen molar-refractivity contribution in [1.29, 1.82) is 0 Å². The van der Waals surface area contributed by atoms with Crippen LogP contribution in [0.15, 0.2) is 66.9 Å². The summed E-state index contributed by atoms with van der Waals surface area (Å²) in [6.45, 7) is 5.01. The van der Waals surface area contributed by atoms with Crippen LogP contribution in [0.4, 0.5) is 16.2 Å². The molecule has 14 nitrogen and oxygen atoms in total. The molecular weight excluding hydrogens is 658 g/mol. The van der Waals surface area contributed by atoms with Crippen LogP contribution < -0.4 is 35.5 Å². The van der Waals surface area contributed by atoms with E-state index in [0.717, 1.165) is 16.0 Å². The van der Waals surface area contributed by atoms with Crippen LogP contribution in [0, 0.1) is 5.92 Å². The molecule has 0 spiro atoms. The molecule has 0 unspecified atom stereocenters. The molecule has 5 rings (SSSR count). The first kappa shape index (κ1) is 36.7. The van der Waals surface area contributed by atoms with Gasteiger partial charge in [-0.15, -0.1) is 0 Å². The van der Waals surface area contributed by atoms with E-state index in [9.17, 15) is 24.3 Å². The zero-order chi connectivity index (χ0) is 37.0. The van der Waals surface area contributed by atoms with Gasteiger partial charge in [0.25, 0.3) is 5.91 Å². The van der Waals surface area contributed by atoms with Crippen molar-refractivity contribution in [3.05, 3.63) is 83.6 Å². The fraction of sp³-hybridized carbons (Fsp3) is 0.351. The lowest BCUT2D eigenvalue weighted by Crippen LogP contribution is -2.50. The Morgan fingerprint density at radius 2 is 1.57 bits per heavy atom. The van der Waals surface area contributed by atoms with Crippen molar-refractivity contribution >= 4 is 40.8 Å². The Morgan fingerprint density at radius 1 is 0.922 bits per heavy atom. The topological polar surface area (TPSA) is 182 Å². The van der Waals surface area contributed by atoms with Gasteiger partial charge < -0.3 is 45.3 Å². The highest BCUT2D eigenvalue weighted by Crippen LogP contribution is 2.43. The predicted molar refractivity (Wildman–Crippen MR) is 189 cm³/mol. The number of carbonyl (C=O) groups is 4. The highest BCUT2D eigenvalue weighted by molar-refractivity contribution is 6.07. The van der Waals surface area contributed by atoms with E-state index in [-0.39, 0.29) is 41.7 Å². The van der Waals surface area contributed by atoms with Gasteiger partial charge in [-0.25, -0.2) is 9.69 Å². The summed E-state index contributed by atoms with van der Waals surface area (Å²) in [4.78, 5) is 55.3. The van der Waals surface area contributed by atoms with Gasteiger partial charge in [0, 0.05) is 18.0 Å². The van der Waals surface area contributed by atoms with Crippen LogP contribution in [0.1, 0.15) is 48.7 Å². The van der Waals surface area contributed by atoms with E-state index in [0.29, 0.717) is 17.0 Å². The van der Waals surface area contributed by atoms with Crippen molar-refractivity contribution in [3.8, 4) is 17.2 Å². The highest BCUT2D eigenvalue weighted by atomic mass is 16.6. The number of amides is 4.